The molecule has 26 heavy (non-hydrogen) atoms. The number of aromatic hydroxyl groups is 2. The predicted octanol–water partition coefficient (Wildman–Crippen LogP) is 2.09. The fourth-order valence-corrected chi connectivity index (χ4v) is 2.69. The lowest BCUT2D eigenvalue weighted by Crippen LogP contribution is -2.22. The standard InChI is InChI=1S/C18H10O8/c19-9-3-1-8(2-4-9)15-17(23)16-11-5-10(20)6-12(16)25-18(15)26-14(22)7-13(21)24-11/h1-6,19-20H,7H2. The molecule has 2 aliphatic heterocycles. The molecule has 3 aromatic rings. The number of esters is 2. The normalized spacial score (nSPS) is 13.7. The van der Waals surface area contributed by atoms with E-state index in [-0.39, 0.29) is 33.8 Å². The van der Waals surface area contributed by atoms with Crippen molar-refractivity contribution in [1.82, 2.24) is 0 Å². The highest BCUT2D eigenvalue weighted by Crippen LogP contribution is 2.37. The summed E-state index contributed by atoms with van der Waals surface area (Å²) in [6.45, 7) is 0. The van der Waals surface area contributed by atoms with E-state index in [0.717, 1.165) is 12.1 Å². The van der Waals surface area contributed by atoms with E-state index in [1.165, 1.54) is 24.3 Å². The zero-order chi connectivity index (χ0) is 18.4. The zero-order valence-corrected chi connectivity index (χ0v) is 13.0. The Morgan fingerprint density at radius 1 is 0.846 bits per heavy atom. The second kappa shape index (κ2) is 5.62. The molecule has 8 nitrogen and oxygen atoms in total. The number of phenols is 2. The first kappa shape index (κ1) is 15.7. The molecule has 1 aromatic heterocycles. The number of phenolic OH excluding ortho intramolecular Hbond substituents is 2. The Kier molecular flexibility index (Phi) is 3.40. The third-order valence-electron chi connectivity index (χ3n) is 3.79. The molecule has 3 heterocycles. The molecular formula is C18H10O8. The van der Waals surface area contributed by atoms with Gasteiger partial charge in [-0.25, -0.2) is 0 Å². The monoisotopic (exact) mass is 354 g/mol. The molecule has 130 valence electrons. The van der Waals surface area contributed by atoms with E-state index in [0.29, 0.717) is 5.56 Å². The van der Waals surface area contributed by atoms with Gasteiger partial charge in [0.15, 0.2) is 0 Å². The van der Waals surface area contributed by atoms with E-state index in [1.807, 2.05) is 0 Å². The number of hydrogen-bond donors (Lipinski definition) is 2. The smallest absolute Gasteiger partial charge is 0.324 e. The molecule has 2 aromatic carbocycles. The van der Waals surface area contributed by atoms with Gasteiger partial charge in [0, 0.05) is 12.1 Å². The average molecular weight is 354 g/mol. The molecule has 0 fully saturated rings. The fourth-order valence-electron chi connectivity index (χ4n) is 2.69. The highest BCUT2D eigenvalue weighted by Gasteiger charge is 2.27. The first-order valence-electron chi connectivity index (χ1n) is 7.47. The van der Waals surface area contributed by atoms with E-state index < -0.39 is 29.7 Å². The highest BCUT2D eigenvalue weighted by molar-refractivity contribution is 5.98. The van der Waals surface area contributed by atoms with Crippen LogP contribution in [0.2, 0.25) is 0 Å². The molecule has 0 radical (unpaired) electrons. The van der Waals surface area contributed by atoms with E-state index >= 15 is 0 Å². The summed E-state index contributed by atoms with van der Waals surface area (Å²) in [7, 11) is 0. The van der Waals surface area contributed by atoms with Gasteiger partial charge in [-0.2, -0.15) is 0 Å². The van der Waals surface area contributed by atoms with Crippen LogP contribution < -0.4 is 14.9 Å². The van der Waals surface area contributed by atoms with Crippen molar-refractivity contribution in [3.05, 3.63) is 46.6 Å². The Morgan fingerprint density at radius 2 is 1.54 bits per heavy atom. The minimum absolute atomic E-state index is 0.0156. The lowest BCUT2D eigenvalue weighted by molar-refractivity contribution is -0.144. The van der Waals surface area contributed by atoms with E-state index in [4.69, 9.17) is 13.9 Å². The largest absolute Gasteiger partial charge is 0.508 e. The first-order valence-corrected chi connectivity index (χ1v) is 7.47. The van der Waals surface area contributed by atoms with Crippen LogP contribution in [0.5, 0.6) is 23.2 Å². The van der Waals surface area contributed by atoms with Gasteiger partial charge in [0.1, 0.15) is 40.2 Å². The van der Waals surface area contributed by atoms with Gasteiger partial charge in [0.25, 0.3) is 0 Å². The van der Waals surface area contributed by atoms with Gasteiger partial charge >= 0.3 is 17.9 Å². The van der Waals surface area contributed by atoms with Crippen molar-refractivity contribution in [3.63, 3.8) is 0 Å². The Hall–Kier alpha value is -3.81. The number of fused-ring (bicyclic) bond motifs is 5. The molecule has 0 amide bonds. The summed E-state index contributed by atoms with van der Waals surface area (Å²) in [5.74, 6) is -2.84. The molecule has 2 aliphatic rings. The van der Waals surface area contributed by atoms with Gasteiger partial charge in [-0.1, -0.05) is 12.1 Å². The van der Waals surface area contributed by atoms with Crippen LogP contribution in [0.15, 0.2) is 45.6 Å². The maximum atomic E-state index is 13.1. The van der Waals surface area contributed by atoms with Crippen molar-refractivity contribution in [2.75, 3.05) is 0 Å². The van der Waals surface area contributed by atoms with E-state index in [2.05, 4.69) is 0 Å². The van der Waals surface area contributed by atoms with Crippen LogP contribution in [0.25, 0.3) is 22.1 Å². The lowest BCUT2D eigenvalue weighted by Gasteiger charge is -2.14. The van der Waals surface area contributed by atoms with Crippen molar-refractivity contribution in [2.24, 2.45) is 0 Å². The lowest BCUT2D eigenvalue weighted by atomic mass is 10.0. The topological polar surface area (TPSA) is 123 Å². The molecule has 0 aliphatic carbocycles. The van der Waals surface area contributed by atoms with Crippen LogP contribution in [0.4, 0.5) is 0 Å². The number of benzene rings is 2. The van der Waals surface area contributed by atoms with E-state index in [1.54, 1.807) is 0 Å². The molecule has 2 N–H and O–H groups in total. The Labute approximate surface area is 144 Å². The summed E-state index contributed by atoms with van der Waals surface area (Å²) >= 11 is 0. The Balaban J connectivity index is 2.13. The van der Waals surface area contributed by atoms with E-state index in [9.17, 15) is 24.6 Å². The molecule has 4 bridgehead atoms. The number of carbonyl (C=O) groups excluding carboxylic acids is 2. The molecule has 8 heteroatoms. The SMILES string of the molecule is O=C1CC(=O)Oc2cc(O)cc3oc(c(-c4ccc(O)cc4)c(=O)c23)O1. The van der Waals surface area contributed by atoms with Gasteiger partial charge < -0.3 is 24.1 Å². The number of carbonyl (C=O) groups is 2. The van der Waals surface area contributed by atoms with Gasteiger partial charge in [-0.05, 0) is 17.7 Å². The summed E-state index contributed by atoms with van der Waals surface area (Å²) in [5, 5.41) is 19.1. The highest BCUT2D eigenvalue weighted by atomic mass is 16.6. The van der Waals surface area contributed by atoms with Gasteiger partial charge in [0.05, 0.1) is 0 Å². The summed E-state index contributed by atoms with van der Waals surface area (Å²) in [6, 6.07) is 7.84. The fraction of sp³-hybridized carbons (Fsp3) is 0.0556. The van der Waals surface area contributed by atoms with Crippen molar-refractivity contribution >= 4 is 22.9 Å². The third-order valence-corrected chi connectivity index (χ3v) is 3.79. The van der Waals surface area contributed by atoms with Crippen LogP contribution >= 0.6 is 0 Å². The maximum absolute atomic E-state index is 13.1. The molecule has 0 atom stereocenters. The van der Waals surface area contributed by atoms with Crippen molar-refractivity contribution in [3.8, 4) is 34.3 Å². The number of rotatable bonds is 1. The Morgan fingerprint density at radius 3 is 2.27 bits per heavy atom. The van der Waals surface area contributed by atoms with Crippen molar-refractivity contribution in [2.45, 2.75) is 6.42 Å². The minimum atomic E-state index is -0.966. The molecule has 0 saturated heterocycles. The zero-order valence-electron chi connectivity index (χ0n) is 13.0. The quantitative estimate of drug-likeness (QED) is 0.387. The molecule has 5 rings (SSSR count). The number of hydrogen-bond acceptors (Lipinski definition) is 8. The summed E-state index contributed by atoms with van der Waals surface area (Å²) in [6.07, 6.45) is -0.700. The number of ether oxygens (including phenoxy) is 2. The summed E-state index contributed by atoms with van der Waals surface area (Å²) < 4.78 is 15.6. The summed E-state index contributed by atoms with van der Waals surface area (Å²) in [5.41, 5.74) is -0.475. The molecule has 0 unspecified atom stereocenters. The van der Waals surface area contributed by atoms with Crippen LogP contribution in [-0.2, 0) is 9.59 Å². The first-order chi connectivity index (χ1) is 12.4. The average Bonchev–Trinajstić information content (AvgIpc) is 2.54. The third kappa shape index (κ3) is 2.53. The van der Waals surface area contributed by atoms with Crippen molar-refractivity contribution < 1.29 is 33.7 Å². The molecular weight excluding hydrogens is 344 g/mol. The van der Waals surface area contributed by atoms with Crippen LogP contribution in [0, 0.1) is 0 Å². The van der Waals surface area contributed by atoms with Crippen LogP contribution in [0.3, 0.4) is 0 Å². The van der Waals surface area contributed by atoms with Crippen LogP contribution in [-0.4, -0.2) is 22.2 Å². The Bertz CT molecular complexity index is 1120. The second-order valence-electron chi connectivity index (χ2n) is 5.58. The minimum Gasteiger partial charge on any atom is -0.508 e. The van der Waals surface area contributed by atoms with Gasteiger partial charge in [-0.15, -0.1) is 0 Å². The van der Waals surface area contributed by atoms with Crippen LogP contribution in [0.1, 0.15) is 6.42 Å². The van der Waals surface area contributed by atoms with Gasteiger partial charge in [0.2, 0.25) is 5.43 Å². The molecule has 0 saturated carbocycles. The van der Waals surface area contributed by atoms with Crippen molar-refractivity contribution in [1.29, 1.82) is 0 Å². The maximum Gasteiger partial charge on any atom is 0.324 e. The van der Waals surface area contributed by atoms with Gasteiger partial charge in [-0.3, -0.25) is 14.4 Å². The summed E-state index contributed by atoms with van der Waals surface area (Å²) in [4.78, 5) is 36.8. The second-order valence-corrected chi connectivity index (χ2v) is 5.58. The molecule has 0 spiro atoms. The predicted molar refractivity (Wildman–Crippen MR) is 87.1 cm³/mol.